The van der Waals surface area contributed by atoms with Crippen LogP contribution in [0.1, 0.15) is 86.5 Å². The zero-order chi connectivity index (χ0) is 21.0. The number of hydrogen-bond acceptors (Lipinski definition) is 1. The van der Waals surface area contributed by atoms with Gasteiger partial charge in [-0.05, 0) is 91.3 Å². The predicted molar refractivity (Wildman–Crippen MR) is 123 cm³/mol. The van der Waals surface area contributed by atoms with Gasteiger partial charge in [-0.2, -0.15) is 0 Å². The minimum Gasteiger partial charge on any atom is -0.393 e. The summed E-state index contributed by atoms with van der Waals surface area (Å²) < 4.78 is 0. The quantitative estimate of drug-likeness (QED) is 0.493. The van der Waals surface area contributed by atoms with Gasteiger partial charge in [0.1, 0.15) is 0 Å². The van der Waals surface area contributed by atoms with E-state index in [1.807, 2.05) is 0 Å². The predicted octanol–water partition coefficient (Wildman–Crippen LogP) is 7.33. The molecule has 1 N–H and O–H groups in total. The molecule has 0 radical (unpaired) electrons. The minimum absolute atomic E-state index is 0.116. The van der Waals surface area contributed by atoms with Gasteiger partial charge >= 0.3 is 0 Å². The molecule has 1 heteroatoms. The number of hydrogen-bond donors (Lipinski definition) is 1. The maximum atomic E-state index is 10.2. The number of aliphatic hydroxyl groups excluding tert-OH is 1. The van der Waals surface area contributed by atoms with Crippen molar-refractivity contribution in [3.05, 3.63) is 35.5 Å². The van der Waals surface area contributed by atoms with E-state index in [2.05, 4.69) is 65.8 Å². The van der Waals surface area contributed by atoms with E-state index in [0.717, 1.165) is 36.5 Å². The number of fused-ring (bicyclic) bond motifs is 5. The van der Waals surface area contributed by atoms with E-state index in [0.29, 0.717) is 22.7 Å². The molecule has 1 nitrogen and oxygen atoms in total. The van der Waals surface area contributed by atoms with Gasteiger partial charge in [0.25, 0.3) is 0 Å². The van der Waals surface area contributed by atoms with Gasteiger partial charge in [0, 0.05) is 0 Å². The van der Waals surface area contributed by atoms with Gasteiger partial charge in [-0.25, -0.2) is 0 Å². The molecule has 4 rings (SSSR count). The average Bonchev–Trinajstić information content (AvgIpc) is 3.03. The summed E-state index contributed by atoms with van der Waals surface area (Å²) in [7, 11) is 0. The standard InChI is InChI=1S/C28H44O/c1-18(2)19(3)7-8-20(4)24-11-12-25-23-10-9-21-17-22(29)13-15-27(21,5)26(23)14-16-28(24,25)6/h7-10,18-20,22,24-26,29H,11-17H2,1-6H3/b8-7+/t19-,20+,22-,24+,25-,26-,27+,28-/m1/s1. The first-order valence-corrected chi connectivity index (χ1v) is 12.4. The van der Waals surface area contributed by atoms with Crippen LogP contribution < -0.4 is 0 Å². The molecule has 0 aromatic carbocycles. The average molecular weight is 397 g/mol. The van der Waals surface area contributed by atoms with Crippen LogP contribution in [0.5, 0.6) is 0 Å². The molecular weight excluding hydrogens is 352 g/mol. The molecular formula is C28H44O. The summed E-state index contributed by atoms with van der Waals surface area (Å²) in [6.45, 7) is 14.6. The van der Waals surface area contributed by atoms with Crippen LogP contribution in [0.15, 0.2) is 35.5 Å². The SMILES string of the molecule is CC(C)[C@H](C)/C=C/[C@H](C)[C@@H]1CC[C@@H]2C3=CC=C4C[C@H](O)CC[C@]4(C)[C@@H]3CC[C@@]21C. The fraction of sp³-hybridized carbons (Fsp3) is 0.786. The van der Waals surface area contributed by atoms with Gasteiger partial charge in [0.05, 0.1) is 6.10 Å². The lowest BCUT2D eigenvalue weighted by Crippen LogP contribution is -2.46. The van der Waals surface area contributed by atoms with Gasteiger partial charge in [-0.1, -0.05) is 77.0 Å². The fourth-order valence-corrected chi connectivity index (χ4v) is 7.59. The number of aliphatic hydroxyl groups is 1. The topological polar surface area (TPSA) is 20.2 Å². The van der Waals surface area contributed by atoms with Crippen LogP contribution in [0.25, 0.3) is 0 Å². The Morgan fingerprint density at radius 3 is 2.41 bits per heavy atom. The van der Waals surface area contributed by atoms with Crippen molar-refractivity contribution in [2.45, 2.75) is 92.6 Å². The Morgan fingerprint density at radius 2 is 1.69 bits per heavy atom. The molecule has 3 saturated carbocycles. The highest BCUT2D eigenvalue weighted by atomic mass is 16.3. The van der Waals surface area contributed by atoms with Crippen LogP contribution in [-0.4, -0.2) is 11.2 Å². The smallest absolute Gasteiger partial charge is 0.0578 e. The van der Waals surface area contributed by atoms with Crippen molar-refractivity contribution in [3.8, 4) is 0 Å². The Balaban J connectivity index is 1.57. The second-order valence-electron chi connectivity index (χ2n) is 11.9. The summed E-state index contributed by atoms with van der Waals surface area (Å²) >= 11 is 0. The molecule has 0 amide bonds. The van der Waals surface area contributed by atoms with Crippen molar-refractivity contribution in [1.82, 2.24) is 0 Å². The lowest BCUT2D eigenvalue weighted by Gasteiger charge is -2.55. The maximum Gasteiger partial charge on any atom is 0.0578 e. The van der Waals surface area contributed by atoms with E-state index in [1.165, 1.54) is 37.7 Å². The third-order valence-corrected chi connectivity index (χ3v) is 10.0. The first-order valence-electron chi connectivity index (χ1n) is 12.4. The summed E-state index contributed by atoms with van der Waals surface area (Å²) in [4.78, 5) is 0. The zero-order valence-electron chi connectivity index (χ0n) is 19.7. The third kappa shape index (κ3) is 3.50. The van der Waals surface area contributed by atoms with Gasteiger partial charge in [-0.15, -0.1) is 0 Å². The second kappa shape index (κ2) is 7.70. The number of rotatable bonds is 4. The van der Waals surface area contributed by atoms with Gasteiger partial charge in [0.15, 0.2) is 0 Å². The number of allylic oxidation sites excluding steroid dienone is 5. The van der Waals surface area contributed by atoms with Crippen molar-refractivity contribution in [2.75, 3.05) is 0 Å². The molecule has 0 aliphatic heterocycles. The van der Waals surface area contributed by atoms with E-state index < -0.39 is 0 Å². The Kier molecular flexibility index (Phi) is 5.69. The fourth-order valence-electron chi connectivity index (χ4n) is 7.59. The van der Waals surface area contributed by atoms with Gasteiger partial charge in [0.2, 0.25) is 0 Å². The molecule has 0 heterocycles. The summed E-state index contributed by atoms with van der Waals surface area (Å²) in [6, 6.07) is 0. The summed E-state index contributed by atoms with van der Waals surface area (Å²) in [5, 5.41) is 10.2. The molecule has 0 aromatic heterocycles. The molecule has 29 heavy (non-hydrogen) atoms. The highest BCUT2D eigenvalue weighted by Crippen LogP contribution is 2.65. The van der Waals surface area contributed by atoms with Gasteiger partial charge in [-0.3, -0.25) is 0 Å². The Labute approximate surface area is 179 Å². The molecule has 0 spiro atoms. The third-order valence-electron chi connectivity index (χ3n) is 10.0. The van der Waals surface area contributed by atoms with Crippen LogP contribution in [-0.2, 0) is 0 Å². The van der Waals surface area contributed by atoms with Crippen LogP contribution in [0, 0.1) is 46.3 Å². The first-order chi connectivity index (χ1) is 13.7. The maximum absolute atomic E-state index is 10.2. The molecule has 0 aromatic rings. The lowest BCUT2D eigenvalue weighted by atomic mass is 9.50. The normalized spacial score (nSPS) is 44.0. The second-order valence-corrected chi connectivity index (χ2v) is 11.9. The largest absolute Gasteiger partial charge is 0.393 e. The Morgan fingerprint density at radius 1 is 0.931 bits per heavy atom. The highest BCUT2D eigenvalue weighted by molar-refractivity contribution is 5.39. The summed E-state index contributed by atoms with van der Waals surface area (Å²) in [5.41, 5.74) is 4.07. The summed E-state index contributed by atoms with van der Waals surface area (Å²) in [6.07, 6.45) is 18.4. The zero-order valence-corrected chi connectivity index (χ0v) is 19.7. The van der Waals surface area contributed by atoms with E-state index in [1.54, 1.807) is 5.57 Å². The van der Waals surface area contributed by atoms with E-state index in [9.17, 15) is 5.11 Å². The van der Waals surface area contributed by atoms with E-state index >= 15 is 0 Å². The minimum atomic E-state index is -0.116. The molecule has 0 unspecified atom stereocenters. The Hall–Kier alpha value is -0.820. The molecule has 8 atom stereocenters. The van der Waals surface area contributed by atoms with Crippen molar-refractivity contribution >= 4 is 0 Å². The molecule has 0 saturated heterocycles. The molecule has 3 fully saturated rings. The van der Waals surface area contributed by atoms with E-state index in [4.69, 9.17) is 0 Å². The van der Waals surface area contributed by atoms with Crippen LogP contribution in [0.2, 0.25) is 0 Å². The van der Waals surface area contributed by atoms with Crippen LogP contribution in [0.3, 0.4) is 0 Å². The van der Waals surface area contributed by atoms with Crippen LogP contribution >= 0.6 is 0 Å². The highest BCUT2D eigenvalue weighted by Gasteiger charge is 2.56. The Bertz CT molecular complexity index is 712. The van der Waals surface area contributed by atoms with Crippen molar-refractivity contribution in [1.29, 1.82) is 0 Å². The molecule has 162 valence electrons. The van der Waals surface area contributed by atoms with Crippen LogP contribution in [0.4, 0.5) is 0 Å². The van der Waals surface area contributed by atoms with Crippen molar-refractivity contribution in [2.24, 2.45) is 46.3 Å². The monoisotopic (exact) mass is 396 g/mol. The molecule has 4 aliphatic carbocycles. The van der Waals surface area contributed by atoms with Crippen molar-refractivity contribution < 1.29 is 5.11 Å². The lowest BCUT2D eigenvalue weighted by molar-refractivity contribution is 0.0382. The van der Waals surface area contributed by atoms with Crippen molar-refractivity contribution in [3.63, 3.8) is 0 Å². The van der Waals surface area contributed by atoms with Gasteiger partial charge < -0.3 is 5.11 Å². The summed E-state index contributed by atoms with van der Waals surface area (Å²) in [5.74, 6) is 4.38. The van der Waals surface area contributed by atoms with E-state index in [-0.39, 0.29) is 6.10 Å². The first kappa shape index (κ1) is 21.4. The molecule has 4 aliphatic rings. The molecule has 0 bridgehead atoms.